The molecular weight excluding hydrogens is 322 g/mol. The van der Waals surface area contributed by atoms with Crippen molar-refractivity contribution in [3.63, 3.8) is 0 Å². The largest absolute Gasteiger partial charge is 0.275 e. The van der Waals surface area contributed by atoms with Crippen LogP contribution in [-0.4, -0.2) is 29.6 Å². The van der Waals surface area contributed by atoms with E-state index in [1.165, 1.54) is 21.9 Å². The first-order valence-electron chi connectivity index (χ1n) is 6.71. The highest BCUT2D eigenvalue weighted by Crippen LogP contribution is 2.29. The fraction of sp³-hybridized carbons (Fsp3) is 0.143. The standard InChI is InChI=1S/C14H10F2N6S/c1-7-9(6-21(2)19-7)13-20-22-12(17-18-14(22)23-13)8-3-4-10(15)11(16)5-8/h3-6H,1-2H3. The number of aryl methyl sites for hydroxylation is 2. The third kappa shape index (κ3) is 2.20. The fourth-order valence-electron chi connectivity index (χ4n) is 2.35. The van der Waals surface area contributed by atoms with Gasteiger partial charge in [0.2, 0.25) is 4.96 Å². The highest BCUT2D eigenvalue weighted by atomic mass is 32.1. The Kier molecular flexibility index (Phi) is 2.98. The number of halogens is 2. The molecule has 116 valence electrons. The summed E-state index contributed by atoms with van der Waals surface area (Å²) in [5.74, 6) is -1.47. The minimum Gasteiger partial charge on any atom is -0.275 e. The van der Waals surface area contributed by atoms with Crippen molar-refractivity contribution in [3.8, 4) is 22.0 Å². The summed E-state index contributed by atoms with van der Waals surface area (Å²) < 4.78 is 29.8. The zero-order valence-corrected chi connectivity index (χ0v) is 13.0. The number of hydrogen-bond donors (Lipinski definition) is 0. The Morgan fingerprint density at radius 3 is 2.61 bits per heavy atom. The zero-order chi connectivity index (χ0) is 16.1. The van der Waals surface area contributed by atoms with Crippen molar-refractivity contribution in [2.45, 2.75) is 6.92 Å². The molecule has 0 saturated carbocycles. The Hall–Kier alpha value is -2.68. The van der Waals surface area contributed by atoms with Crippen molar-refractivity contribution in [2.24, 2.45) is 7.05 Å². The van der Waals surface area contributed by atoms with E-state index in [-0.39, 0.29) is 0 Å². The molecule has 4 rings (SSSR count). The van der Waals surface area contributed by atoms with E-state index in [1.807, 2.05) is 20.2 Å². The summed E-state index contributed by atoms with van der Waals surface area (Å²) in [4.78, 5) is 0.572. The third-order valence-corrected chi connectivity index (χ3v) is 4.34. The summed E-state index contributed by atoms with van der Waals surface area (Å²) in [7, 11) is 1.84. The van der Waals surface area contributed by atoms with Crippen LogP contribution in [0.1, 0.15) is 5.69 Å². The zero-order valence-electron chi connectivity index (χ0n) is 12.2. The van der Waals surface area contributed by atoms with Crippen LogP contribution in [0.2, 0.25) is 0 Å². The van der Waals surface area contributed by atoms with Crippen LogP contribution in [0, 0.1) is 18.6 Å². The molecule has 3 aromatic heterocycles. The molecule has 0 unspecified atom stereocenters. The number of hydrogen-bond acceptors (Lipinski definition) is 5. The van der Waals surface area contributed by atoms with Gasteiger partial charge in [-0.15, -0.1) is 10.2 Å². The Labute approximate surface area is 133 Å². The lowest BCUT2D eigenvalue weighted by Gasteiger charge is -1.98. The lowest BCUT2D eigenvalue weighted by Crippen LogP contribution is -1.93. The second-order valence-electron chi connectivity index (χ2n) is 5.06. The molecule has 0 spiro atoms. The van der Waals surface area contributed by atoms with Gasteiger partial charge in [-0.25, -0.2) is 8.78 Å². The maximum atomic E-state index is 13.4. The van der Waals surface area contributed by atoms with Crippen molar-refractivity contribution in [2.75, 3.05) is 0 Å². The smallest absolute Gasteiger partial charge is 0.235 e. The Bertz CT molecular complexity index is 1030. The maximum absolute atomic E-state index is 13.4. The van der Waals surface area contributed by atoms with Gasteiger partial charge in [0.25, 0.3) is 0 Å². The summed E-state index contributed by atoms with van der Waals surface area (Å²) in [6.07, 6.45) is 1.87. The molecule has 0 aliphatic rings. The van der Waals surface area contributed by atoms with Gasteiger partial charge in [0.05, 0.1) is 11.3 Å². The number of rotatable bonds is 2. The maximum Gasteiger partial charge on any atom is 0.235 e. The summed E-state index contributed by atoms with van der Waals surface area (Å²) in [5, 5.41) is 17.6. The summed E-state index contributed by atoms with van der Waals surface area (Å²) in [5.41, 5.74) is 2.17. The van der Waals surface area contributed by atoms with Gasteiger partial charge < -0.3 is 0 Å². The predicted molar refractivity (Wildman–Crippen MR) is 81.0 cm³/mol. The molecule has 0 amide bonds. The van der Waals surface area contributed by atoms with Crippen molar-refractivity contribution >= 4 is 16.3 Å². The number of benzene rings is 1. The van der Waals surface area contributed by atoms with Crippen LogP contribution in [0.3, 0.4) is 0 Å². The van der Waals surface area contributed by atoms with E-state index in [0.717, 1.165) is 28.4 Å². The van der Waals surface area contributed by atoms with E-state index in [9.17, 15) is 8.78 Å². The monoisotopic (exact) mass is 332 g/mol. The first-order valence-corrected chi connectivity index (χ1v) is 7.53. The molecule has 0 aliphatic heterocycles. The molecule has 0 atom stereocenters. The molecule has 0 fully saturated rings. The molecule has 3 heterocycles. The van der Waals surface area contributed by atoms with Crippen molar-refractivity contribution in [3.05, 3.63) is 41.7 Å². The number of nitrogens with zero attached hydrogens (tertiary/aromatic N) is 6. The highest BCUT2D eigenvalue weighted by Gasteiger charge is 2.17. The summed E-state index contributed by atoms with van der Waals surface area (Å²) >= 11 is 1.36. The van der Waals surface area contributed by atoms with E-state index >= 15 is 0 Å². The van der Waals surface area contributed by atoms with Gasteiger partial charge >= 0.3 is 0 Å². The third-order valence-electron chi connectivity index (χ3n) is 3.41. The predicted octanol–water partition coefficient (Wildman–Crippen LogP) is 2.84. The molecule has 9 heteroatoms. The minimum absolute atomic E-state index is 0.364. The molecule has 0 saturated heterocycles. The van der Waals surface area contributed by atoms with Crippen molar-refractivity contribution in [1.29, 1.82) is 0 Å². The van der Waals surface area contributed by atoms with Gasteiger partial charge in [-0.2, -0.15) is 14.7 Å². The fourth-order valence-corrected chi connectivity index (χ4v) is 3.25. The van der Waals surface area contributed by atoms with Gasteiger partial charge in [-0.1, -0.05) is 11.3 Å². The average molecular weight is 332 g/mol. The Balaban J connectivity index is 1.86. The second kappa shape index (κ2) is 4.92. The minimum atomic E-state index is -0.933. The molecule has 4 aromatic rings. The molecule has 0 N–H and O–H groups in total. The normalized spacial score (nSPS) is 11.5. The Morgan fingerprint density at radius 1 is 1.09 bits per heavy atom. The summed E-state index contributed by atoms with van der Waals surface area (Å²) in [6.45, 7) is 1.90. The van der Waals surface area contributed by atoms with Gasteiger partial charge in [0, 0.05) is 18.8 Å². The van der Waals surface area contributed by atoms with Gasteiger partial charge in [0.15, 0.2) is 22.5 Å². The molecule has 0 bridgehead atoms. The van der Waals surface area contributed by atoms with E-state index in [0.29, 0.717) is 16.3 Å². The van der Waals surface area contributed by atoms with Crippen LogP contribution in [0.4, 0.5) is 8.78 Å². The molecular formula is C14H10F2N6S. The van der Waals surface area contributed by atoms with Crippen molar-refractivity contribution < 1.29 is 8.78 Å². The van der Waals surface area contributed by atoms with Crippen LogP contribution in [0.15, 0.2) is 24.4 Å². The molecule has 0 aliphatic carbocycles. The SMILES string of the molecule is Cc1nn(C)cc1-c1nn2c(-c3ccc(F)c(F)c3)nnc2s1. The molecule has 23 heavy (non-hydrogen) atoms. The highest BCUT2D eigenvalue weighted by molar-refractivity contribution is 7.19. The topological polar surface area (TPSA) is 60.9 Å². The van der Waals surface area contributed by atoms with Crippen LogP contribution in [0.25, 0.3) is 26.9 Å². The molecule has 1 aromatic carbocycles. The quantitative estimate of drug-likeness (QED) is 0.566. The lowest BCUT2D eigenvalue weighted by atomic mass is 10.2. The number of aromatic nitrogens is 6. The van der Waals surface area contributed by atoms with Gasteiger partial charge in [-0.05, 0) is 25.1 Å². The van der Waals surface area contributed by atoms with E-state index in [2.05, 4.69) is 20.4 Å². The first kappa shape index (κ1) is 13.9. The van der Waals surface area contributed by atoms with Gasteiger partial charge in [-0.3, -0.25) is 4.68 Å². The van der Waals surface area contributed by atoms with E-state index < -0.39 is 11.6 Å². The van der Waals surface area contributed by atoms with Crippen LogP contribution >= 0.6 is 11.3 Å². The van der Waals surface area contributed by atoms with Crippen molar-refractivity contribution in [1.82, 2.24) is 29.6 Å². The Morgan fingerprint density at radius 2 is 1.91 bits per heavy atom. The second-order valence-corrected chi connectivity index (χ2v) is 6.01. The first-order chi connectivity index (χ1) is 11.0. The van der Waals surface area contributed by atoms with Crippen LogP contribution < -0.4 is 0 Å². The summed E-state index contributed by atoms with van der Waals surface area (Å²) in [6, 6.07) is 3.59. The molecule has 0 radical (unpaired) electrons. The molecule has 6 nitrogen and oxygen atoms in total. The van der Waals surface area contributed by atoms with Crippen LogP contribution in [-0.2, 0) is 7.05 Å². The number of fused-ring (bicyclic) bond motifs is 1. The lowest BCUT2D eigenvalue weighted by molar-refractivity contribution is 0.509. The average Bonchev–Trinajstić information content (AvgIpc) is 3.15. The van der Waals surface area contributed by atoms with E-state index in [1.54, 1.807) is 4.68 Å². The van der Waals surface area contributed by atoms with Crippen LogP contribution in [0.5, 0.6) is 0 Å². The van der Waals surface area contributed by atoms with E-state index in [4.69, 9.17) is 0 Å². The van der Waals surface area contributed by atoms with Gasteiger partial charge in [0.1, 0.15) is 0 Å².